The number of anilines is 2. The first kappa shape index (κ1) is 11.8. The van der Waals surface area contributed by atoms with Gasteiger partial charge in [0.2, 0.25) is 0 Å². The molecule has 0 aliphatic heterocycles. The SMILES string of the molecule is CC(=CC(=O)O)C(=O)Nc1ccc(N)cc1. The molecule has 0 saturated heterocycles. The van der Waals surface area contributed by atoms with Crippen molar-refractivity contribution in [2.75, 3.05) is 11.1 Å². The number of carboxylic acids is 1. The highest BCUT2D eigenvalue weighted by molar-refractivity contribution is 6.06. The van der Waals surface area contributed by atoms with Crippen LogP contribution in [0.4, 0.5) is 11.4 Å². The number of rotatable bonds is 3. The molecular formula is C11H12N2O3. The van der Waals surface area contributed by atoms with Crippen LogP contribution in [0.1, 0.15) is 6.92 Å². The van der Waals surface area contributed by atoms with Gasteiger partial charge in [-0.3, -0.25) is 4.79 Å². The second-order valence-corrected chi connectivity index (χ2v) is 3.24. The monoisotopic (exact) mass is 220 g/mol. The molecule has 5 heteroatoms. The Morgan fingerprint density at radius 3 is 2.38 bits per heavy atom. The Morgan fingerprint density at radius 1 is 1.31 bits per heavy atom. The smallest absolute Gasteiger partial charge is 0.328 e. The molecule has 0 aromatic heterocycles. The zero-order chi connectivity index (χ0) is 12.1. The predicted octanol–water partition coefficient (Wildman–Crippen LogP) is 1.24. The van der Waals surface area contributed by atoms with Crippen LogP contribution in [0.3, 0.4) is 0 Å². The molecule has 16 heavy (non-hydrogen) atoms. The van der Waals surface area contributed by atoms with Gasteiger partial charge in [0, 0.05) is 23.0 Å². The van der Waals surface area contributed by atoms with E-state index in [1.807, 2.05) is 0 Å². The van der Waals surface area contributed by atoms with Gasteiger partial charge in [-0.2, -0.15) is 0 Å². The summed E-state index contributed by atoms with van der Waals surface area (Å²) in [6, 6.07) is 6.57. The first-order chi connectivity index (χ1) is 7.49. The van der Waals surface area contributed by atoms with Gasteiger partial charge in [-0.05, 0) is 31.2 Å². The fourth-order valence-electron chi connectivity index (χ4n) is 1.05. The molecule has 0 atom stereocenters. The minimum atomic E-state index is -1.15. The molecule has 1 rings (SSSR count). The largest absolute Gasteiger partial charge is 0.478 e. The number of hydrogen-bond donors (Lipinski definition) is 3. The topological polar surface area (TPSA) is 92.4 Å². The first-order valence-corrected chi connectivity index (χ1v) is 4.57. The van der Waals surface area contributed by atoms with Crippen molar-refractivity contribution in [2.24, 2.45) is 0 Å². The molecular weight excluding hydrogens is 208 g/mol. The number of nitrogens with two attached hydrogens (primary N) is 1. The van der Waals surface area contributed by atoms with Gasteiger partial charge in [0.15, 0.2) is 0 Å². The summed E-state index contributed by atoms with van der Waals surface area (Å²) in [7, 11) is 0. The first-order valence-electron chi connectivity index (χ1n) is 4.57. The van der Waals surface area contributed by atoms with Crippen LogP contribution in [0, 0.1) is 0 Å². The number of nitrogen functional groups attached to an aromatic ring is 1. The number of amides is 1. The van der Waals surface area contributed by atoms with Crippen LogP contribution in [0.15, 0.2) is 35.9 Å². The molecule has 0 bridgehead atoms. The van der Waals surface area contributed by atoms with E-state index in [0.29, 0.717) is 11.4 Å². The van der Waals surface area contributed by atoms with Crippen LogP contribution in [0.2, 0.25) is 0 Å². The molecule has 84 valence electrons. The summed E-state index contributed by atoms with van der Waals surface area (Å²) in [5, 5.41) is 11.0. The molecule has 5 nitrogen and oxygen atoms in total. The molecule has 0 aliphatic rings. The zero-order valence-corrected chi connectivity index (χ0v) is 8.73. The number of carbonyl (C=O) groups excluding carboxylic acids is 1. The summed E-state index contributed by atoms with van der Waals surface area (Å²) < 4.78 is 0. The normalized spacial score (nSPS) is 10.9. The second kappa shape index (κ2) is 4.97. The van der Waals surface area contributed by atoms with Crippen molar-refractivity contribution < 1.29 is 14.7 Å². The highest BCUT2D eigenvalue weighted by Crippen LogP contribution is 2.11. The predicted molar refractivity (Wildman–Crippen MR) is 60.9 cm³/mol. The van der Waals surface area contributed by atoms with Crippen molar-refractivity contribution >= 4 is 23.3 Å². The molecule has 1 aromatic carbocycles. The Balaban J connectivity index is 2.71. The Kier molecular flexibility index (Phi) is 3.66. The van der Waals surface area contributed by atoms with Gasteiger partial charge in [0.1, 0.15) is 0 Å². The summed E-state index contributed by atoms with van der Waals surface area (Å²) in [5.41, 5.74) is 6.77. The molecule has 0 radical (unpaired) electrons. The lowest BCUT2D eigenvalue weighted by Gasteiger charge is -2.04. The van der Waals surface area contributed by atoms with E-state index < -0.39 is 11.9 Å². The maximum Gasteiger partial charge on any atom is 0.328 e. The van der Waals surface area contributed by atoms with Crippen LogP contribution in [0.25, 0.3) is 0 Å². The van der Waals surface area contributed by atoms with Crippen LogP contribution in [0.5, 0.6) is 0 Å². The Morgan fingerprint density at radius 2 is 1.88 bits per heavy atom. The standard InChI is InChI=1S/C11H12N2O3/c1-7(6-10(14)15)11(16)13-9-4-2-8(12)3-5-9/h2-6H,12H2,1H3,(H,13,16)(H,14,15). The number of nitrogens with one attached hydrogen (secondary N) is 1. The lowest BCUT2D eigenvalue weighted by atomic mass is 10.2. The Hall–Kier alpha value is -2.30. The number of hydrogen-bond acceptors (Lipinski definition) is 3. The van der Waals surface area contributed by atoms with Crippen molar-refractivity contribution in [3.8, 4) is 0 Å². The van der Waals surface area contributed by atoms with Crippen molar-refractivity contribution in [1.82, 2.24) is 0 Å². The van der Waals surface area contributed by atoms with Gasteiger partial charge in [-0.1, -0.05) is 0 Å². The zero-order valence-electron chi connectivity index (χ0n) is 8.73. The van der Waals surface area contributed by atoms with E-state index in [1.165, 1.54) is 6.92 Å². The average Bonchev–Trinajstić information content (AvgIpc) is 2.20. The maximum absolute atomic E-state index is 11.5. The molecule has 4 N–H and O–H groups in total. The molecule has 0 unspecified atom stereocenters. The van der Waals surface area contributed by atoms with Gasteiger partial charge in [-0.25, -0.2) is 4.79 Å². The summed E-state index contributed by atoms with van der Waals surface area (Å²) in [6.45, 7) is 1.43. The Labute approximate surface area is 92.6 Å². The van der Waals surface area contributed by atoms with Crippen molar-refractivity contribution in [2.45, 2.75) is 6.92 Å². The van der Waals surface area contributed by atoms with E-state index in [0.717, 1.165) is 6.08 Å². The number of benzene rings is 1. The fraction of sp³-hybridized carbons (Fsp3) is 0.0909. The van der Waals surface area contributed by atoms with E-state index in [2.05, 4.69) is 5.32 Å². The highest BCUT2D eigenvalue weighted by Gasteiger charge is 2.06. The third kappa shape index (κ3) is 3.45. The maximum atomic E-state index is 11.5. The molecule has 0 spiro atoms. The van der Waals surface area contributed by atoms with E-state index in [-0.39, 0.29) is 5.57 Å². The minimum absolute atomic E-state index is 0.129. The van der Waals surface area contributed by atoms with Crippen molar-refractivity contribution in [1.29, 1.82) is 0 Å². The van der Waals surface area contributed by atoms with Crippen LogP contribution in [-0.4, -0.2) is 17.0 Å². The van der Waals surface area contributed by atoms with Crippen molar-refractivity contribution in [3.05, 3.63) is 35.9 Å². The second-order valence-electron chi connectivity index (χ2n) is 3.24. The fourth-order valence-corrected chi connectivity index (χ4v) is 1.05. The van der Waals surface area contributed by atoms with Crippen LogP contribution >= 0.6 is 0 Å². The number of aliphatic carboxylic acids is 1. The molecule has 1 amide bonds. The summed E-state index contributed by atoms with van der Waals surface area (Å²) in [6.07, 6.45) is 0.854. The summed E-state index contributed by atoms with van der Waals surface area (Å²) in [4.78, 5) is 21.8. The highest BCUT2D eigenvalue weighted by atomic mass is 16.4. The quantitative estimate of drug-likeness (QED) is 0.527. The van der Waals surface area contributed by atoms with E-state index in [4.69, 9.17) is 10.8 Å². The molecule has 0 fully saturated rings. The van der Waals surface area contributed by atoms with Crippen molar-refractivity contribution in [3.63, 3.8) is 0 Å². The number of carbonyl (C=O) groups is 2. The lowest BCUT2D eigenvalue weighted by Crippen LogP contribution is -2.13. The summed E-state index contributed by atoms with van der Waals surface area (Å²) >= 11 is 0. The van der Waals surface area contributed by atoms with Crippen LogP contribution in [-0.2, 0) is 9.59 Å². The Bertz CT molecular complexity index is 435. The average molecular weight is 220 g/mol. The van der Waals surface area contributed by atoms with Gasteiger partial charge in [-0.15, -0.1) is 0 Å². The van der Waals surface area contributed by atoms with E-state index in [1.54, 1.807) is 24.3 Å². The molecule has 0 aliphatic carbocycles. The van der Waals surface area contributed by atoms with E-state index in [9.17, 15) is 9.59 Å². The van der Waals surface area contributed by atoms with E-state index >= 15 is 0 Å². The third-order valence-electron chi connectivity index (χ3n) is 1.87. The van der Waals surface area contributed by atoms with Gasteiger partial charge < -0.3 is 16.2 Å². The third-order valence-corrected chi connectivity index (χ3v) is 1.87. The van der Waals surface area contributed by atoms with Gasteiger partial charge in [0.05, 0.1) is 0 Å². The minimum Gasteiger partial charge on any atom is -0.478 e. The summed E-state index contributed by atoms with van der Waals surface area (Å²) in [5.74, 6) is -1.60. The van der Waals surface area contributed by atoms with Gasteiger partial charge in [0.25, 0.3) is 5.91 Å². The van der Waals surface area contributed by atoms with Crippen LogP contribution < -0.4 is 11.1 Å². The molecule has 1 aromatic rings. The number of carboxylic acid groups (broad SMARTS) is 1. The molecule has 0 heterocycles. The van der Waals surface area contributed by atoms with Gasteiger partial charge >= 0.3 is 5.97 Å². The molecule has 0 saturated carbocycles. The lowest BCUT2D eigenvalue weighted by molar-refractivity contribution is -0.131.